The van der Waals surface area contributed by atoms with Crippen LogP contribution in [0.15, 0.2) is 42.5 Å². The normalized spacial score (nSPS) is 18.8. The lowest BCUT2D eigenvalue weighted by atomic mass is 9.97. The lowest BCUT2D eigenvalue weighted by Gasteiger charge is -2.27. The monoisotopic (exact) mass is 461 g/mol. The molecule has 0 N–H and O–H groups in total. The number of likely N-dealkylation sites (tertiary alicyclic amines) is 1. The lowest BCUT2D eigenvalue weighted by molar-refractivity contribution is -0.132. The van der Waals surface area contributed by atoms with Gasteiger partial charge in [-0.2, -0.15) is 0 Å². The SMILES string of the molecule is CCOCC1C[C@@H](Cc2ccc(-c3cc(Cl)ccc3F)cc2)N(C(=O)OC(C)(C)C)C1=O. The van der Waals surface area contributed by atoms with Gasteiger partial charge in [0.15, 0.2) is 0 Å². The first-order valence-corrected chi connectivity index (χ1v) is 11.1. The minimum atomic E-state index is -0.706. The number of amides is 2. The number of benzene rings is 2. The van der Waals surface area contributed by atoms with E-state index in [0.717, 1.165) is 5.56 Å². The van der Waals surface area contributed by atoms with Gasteiger partial charge in [0.1, 0.15) is 11.4 Å². The number of nitrogens with zero attached hydrogens (tertiary/aromatic N) is 1. The summed E-state index contributed by atoms with van der Waals surface area (Å²) in [6.07, 6.45) is 0.346. The number of halogens is 2. The van der Waals surface area contributed by atoms with Crippen LogP contribution < -0.4 is 0 Å². The predicted molar refractivity (Wildman–Crippen MR) is 122 cm³/mol. The first kappa shape index (κ1) is 24.2. The van der Waals surface area contributed by atoms with Crippen LogP contribution in [0, 0.1) is 11.7 Å². The maximum atomic E-state index is 14.2. The fourth-order valence-electron chi connectivity index (χ4n) is 3.85. The fraction of sp³-hybridized carbons (Fsp3) is 0.440. The minimum absolute atomic E-state index is 0.268. The van der Waals surface area contributed by atoms with Crippen LogP contribution in [0.1, 0.15) is 39.7 Å². The molecule has 32 heavy (non-hydrogen) atoms. The molecule has 1 unspecified atom stereocenters. The summed E-state index contributed by atoms with van der Waals surface area (Å²) < 4.78 is 25.1. The Hall–Kier alpha value is -2.44. The largest absolute Gasteiger partial charge is 0.443 e. The second kappa shape index (κ2) is 10.0. The Morgan fingerprint density at radius 2 is 1.88 bits per heavy atom. The van der Waals surface area contributed by atoms with Gasteiger partial charge in [-0.25, -0.2) is 14.1 Å². The fourth-order valence-corrected chi connectivity index (χ4v) is 4.02. The van der Waals surface area contributed by atoms with Crippen LogP contribution in [-0.4, -0.2) is 41.8 Å². The van der Waals surface area contributed by atoms with Crippen molar-refractivity contribution >= 4 is 23.6 Å². The van der Waals surface area contributed by atoms with Crippen LogP contribution in [0.5, 0.6) is 0 Å². The molecule has 1 heterocycles. The molecule has 1 aliphatic heterocycles. The summed E-state index contributed by atoms with van der Waals surface area (Å²) in [7, 11) is 0. The third-order valence-electron chi connectivity index (χ3n) is 5.29. The van der Waals surface area contributed by atoms with Crippen molar-refractivity contribution in [2.75, 3.05) is 13.2 Å². The maximum Gasteiger partial charge on any atom is 0.417 e. The Morgan fingerprint density at radius 1 is 1.19 bits per heavy atom. The van der Waals surface area contributed by atoms with Gasteiger partial charge < -0.3 is 9.47 Å². The van der Waals surface area contributed by atoms with Crippen molar-refractivity contribution in [2.45, 2.75) is 52.2 Å². The van der Waals surface area contributed by atoms with E-state index in [9.17, 15) is 14.0 Å². The zero-order valence-electron chi connectivity index (χ0n) is 18.9. The summed E-state index contributed by atoms with van der Waals surface area (Å²) in [6.45, 7) is 7.96. The molecule has 1 aliphatic rings. The Kier molecular flexibility index (Phi) is 7.57. The van der Waals surface area contributed by atoms with E-state index in [4.69, 9.17) is 21.1 Å². The molecule has 3 rings (SSSR count). The minimum Gasteiger partial charge on any atom is -0.443 e. The van der Waals surface area contributed by atoms with Gasteiger partial charge in [0.25, 0.3) is 0 Å². The smallest absolute Gasteiger partial charge is 0.417 e. The van der Waals surface area contributed by atoms with Crippen LogP contribution in [0.4, 0.5) is 9.18 Å². The first-order chi connectivity index (χ1) is 15.1. The summed E-state index contributed by atoms with van der Waals surface area (Å²) >= 11 is 6.01. The van der Waals surface area contributed by atoms with E-state index in [1.165, 1.54) is 17.0 Å². The number of imide groups is 1. The van der Waals surface area contributed by atoms with Gasteiger partial charge in [-0.05, 0) is 69.9 Å². The van der Waals surface area contributed by atoms with Crippen LogP contribution in [0.25, 0.3) is 11.1 Å². The molecule has 5 nitrogen and oxygen atoms in total. The number of carbonyl (C=O) groups is 2. The van der Waals surface area contributed by atoms with Gasteiger partial charge in [0.2, 0.25) is 5.91 Å². The van der Waals surface area contributed by atoms with E-state index in [2.05, 4.69) is 0 Å². The molecule has 0 radical (unpaired) electrons. The second-order valence-corrected chi connectivity index (χ2v) is 9.40. The number of carbonyl (C=O) groups excluding carboxylic acids is 2. The Morgan fingerprint density at radius 3 is 2.50 bits per heavy atom. The van der Waals surface area contributed by atoms with Gasteiger partial charge >= 0.3 is 6.09 Å². The summed E-state index contributed by atoms with van der Waals surface area (Å²) in [5.74, 6) is -0.999. The molecule has 1 saturated heterocycles. The van der Waals surface area contributed by atoms with Crippen molar-refractivity contribution in [1.82, 2.24) is 4.90 Å². The van der Waals surface area contributed by atoms with E-state index < -0.39 is 11.7 Å². The molecule has 172 valence electrons. The molecule has 0 spiro atoms. The van der Waals surface area contributed by atoms with Gasteiger partial charge in [0, 0.05) is 23.2 Å². The molecule has 1 fully saturated rings. The van der Waals surface area contributed by atoms with Crippen LogP contribution in [0.3, 0.4) is 0 Å². The number of hydrogen-bond acceptors (Lipinski definition) is 4. The Bertz CT molecular complexity index is 971. The highest BCUT2D eigenvalue weighted by molar-refractivity contribution is 6.30. The highest BCUT2D eigenvalue weighted by Gasteiger charge is 2.44. The molecule has 7 heteroatoms. The zero-order chi connectivity index (χ0) is 23.5. The summed E-state index contributed by atoms with van der Waals surface area (Å²) in [4.78, 5) is 27.0. The van der Waals surface area contributed by atoms with Gasteiger partial charge in [-0.3, -0.25) is 4.79 Å². The van der Waals surface area contributed by atoms with Crippen molar-refractivity contribution in [3.8, 4) is 11.1 Å². The summed E-state index contributed by atoms with van der Waals surface area (Å²) in [6, 6.07) is 11.5. The molecule has 0 bridgehead atoms. The van der Waals surface area contributed by atoms with Gasteiger partial charge in [-0.1, -0.05) is 35.9 Å². The van der Waals surface area contributed by atoms with Crippen LogP contribution in [0.2, 0.25) is 5.02 Å². The van der Waals surface area contributed by atoms with Crippen molar-refractivity contribution in [2.24, 2.45) is 5.92 Å². The highest BCUT2D eigenvalue weighted by Crippen LogP contribution is 2.31. The predicted octanol–water partition coefficient (Wildman–Crippen LogP) is 5.88. The Balaban J connectivity index is 1.80. The van der Waals surface area contributed by atoms with E-state index in [-0.39, 0.29) is 30.3 Å². The topological polar surface area (TPSA) is 55.8 Å². The van der Waals surface area contributed by atoms with E-state index in [1.54, 1.807) is 26.8 Å². The molecule has 2 aromatic rings. The number of hydrogen-bond donors (Lipinski definition) is 0. The first-order valence-electron chi connectivity index (χ1n) is 10.8. The summed E-state index contributed by atoms with van der Waals surface area (Å²) in [5, 5.41) is 0.461. The average molecular weight is 462 g/mol. The molecule has 0 aromatic heterocycles. The van der Waals surface area contributed by atoms with Crippen LogP contribution >= 0.6 is 11.6 Å². The van der Waals surface area contributed by atoms with Gasteiger partial charge in [0.05, 0.1) is 12.5 Å². The second-order valence-electron chi connectivity index (χ2n) is 8.96. The zero-order valence-corrected chi connectivity index (χ0v) is 19.6. The van der Waals surface area contributed by atoms with E-state index >= 15 is 0 Å². The van der Waals surface area contributed by atoms with Crippen molar-refractivity contribution < 1.29 is 23.5 Å². The molecule has 2 aromatic carbocycles. The summed E-state index contributed by atoms with van der Waals surface area (Å²) in [5.41, 5.74) is 1.35. The average Bonchev–Trinajstić information content (AvgIpc) is 3.02. The number of ether oxygens (including phenoxy) is 2. The van der Waals surface area contributed by atoms with Crippen molar-refractivity contribution in [3.63, 3.8) is 0 Å². The molecular weight excluding hydrogens is 433 g/mol. The third-order valence-corrected chi connectivity index (χ3v) is 5.52. The lowest BCUT2D eigenvalue weighted by Crippen LogP contribution is -2.43. The quantitative estimate of drug-likeness (QED) is 0.539. The van der Waals surface area contributed by atoms with Crippen LogP contribution in [-0.2, 0) is 20.7 Å². The third kappa shape index (κ3) is 5.87. The van der Waals surface area contributed by atoms with E-state index in [1.807, 2.05) is 31.2 Å². The highest BCUT2D eigenvalue weighted by atomic mass is 35.5. The Labute approximate surface area is 193 Å². The van der Waals surface area contributed by atoms with Crippen molar-refractivity contribution in [1.29, 1.82) is 0 Å². The molecule has 2 amide bonds. The molecule has 0 saturated carbocycles. The standard InChI is InChI=1S/C25H29ClFNO4/c1-5-31-15-18-13-20(28(23(18)29)24(30)32-25(2,3)4)12-16-6-8-17(9-7-16)21-14-19(26)10-11-22(21)27/h6-11,14,18,20H,5,12-13,15H2,1-4H3/t18?,20-/m1/s1. The van der Waals surface area contributed by atoms with E-state index in [0.29, 0.717) is 35.6 Å². The number of rotatable bonds is 6. The molecule has 0 aliphatic carbocycles. The van der Waals surface area contributed by atoms with Crippen molar-refractivity contribution in [3.05, 3.63) is 58.9 Å². The molecule has 2 atom stereocenters. The van der Waals surface area contributed by atoms with Gasteiger partial charge in [-0.15, -0.1) is 0 Å². The molecular formula is C25H29ClFNO4. The maximum absolute atomic E-state index is 14.2.